The highest BCUT2D eigenvalue weighted by molar-refractivity contribution is 5.96. The van der Waals surface area contributed by atoms with Gasteiger partial charge < -0.3 is 18.5 Å². The fraction of sp³-hybridized carbons (Fsp3) is 0.222. The molecule has 0 saturated heterocycles. The molecule has 6 rings (SSSR count). The van der Waals surface area contributed by atoms with Gasteiger partial charge in [-0.1, -0.05) is 6.07 Å². The lowest BCUT2D eigenvalue weighted by molar-refractivity contribution is 0.0600. The second-order valence-corrected chi connectivity index (χ2v) is 8.93. The average Bonchev–Trinajstić information content (AvgIpc) is 3.54. The number of aryl methyl sites for hydroxylation is 1. The molecule has 0 amide bonds. The molecular weight excluding hydrogens is 477 g/mol. The number of esters is 1. The summed E-state index contributed by atoms with van der Waals surface area (Å²) in [6, 6.07) is 11.6. The topological polar surface area (TPSA) is 105 Å². The molecule has 10 heteroatoms. The molecule has 0 N–H and O–H groups in total. The first kappa shape index (κ1) is 22.8. The molecule has 0 spiro atoms. The fourth-order valence-corrected chi connectivity index (χ4v) is 4.38. The van der Waals surface area contributed by atoms with Crippen LogP contribution in [0, 0.1) is 5.82 Å². The van der Waals surface area contributed by atoms with Gasteiger partial charge in [-0.05, 0) is 60.4 Å². The van der Waals surface area contributed by atoms with Gasteiger partial charge in [-0.15, -0.1) is 10.2 Å². The lowest BCUT2D eigenvalue weighted by Gasteiger charge is -2.12. The van der Waals surface area contributed by atoms with Crippen molar-refractivity contribution >= 4 is 17.1 Å². The molecule has 0 unspecified atom stereocenters. The summed E-state index contributed by atoms with van der Waals surface area (Å²) in [7, 11) is 4.61. The van der Waals surface area contributed by atoms with Crippen LogP contribution in [-0.4, -0.2) is 44.9 Å². The summed E-state index contributed by atoms with van der Waals surface area (Å²) in [5, 5.41) is 8.15. The van der Waals surface area contributed by atoms with E-state index in [1.165, 1.54) is 26.4 Å². The molecule has 186 valence electrons. The molecule has 2 aromatic carbocycles. The van der Waals surface area contributed by atoms with Gasteiger partial charge >= 0.3 is 5.97 Å². The van der Waals surface area contributed by atoms with Crippen LogP contribution < -0.4 is 4.74 Å². The Morgan fingerprint density at radius 1 is 1.08 bits per heavy atom. The van der Waals surface area contributed by atoms with E-state index in [1.54, 1.807) is 29.1 Å². The summed E-state index contributed by atoms with van der Waals surface area (Å²) < 4.78 is 32.4. The number of methoxy groups -OCH3 is 2. The normalized spacial score (nSPS) is 13.2. The van der Waals surface area contributed by atoms with Crippen molar-refractivity contribution in [2.75, 3.05) is 14.2 Å². The van der Waals surface area contributed by atoms with Crippen molar-refractivity contribution in [3.05, 3.63) is 65.9 Å². The maximum Gasteiger partial charge on any atom is 0.338 e. The molecule has 1 saturated carbocycles. The number of rotatable bonds is 6. The molecule has 3 heterocycles. The number of ether oxygens (including phenoxy) is 2. The number of fused-ring (bicyclic) bond motifs is 1. The van der Waals surface area contributed by atoms with Gasteiger partial charge in [-0.2, -0.15) is 0 Å². The van der Waals surface area contributed by atoms with Gasteiger partial charge in [-0.25, -0.2) is 19.2 Å². The van der Waals surface area contributed by atoms with E-state index in [0.29, 0.717) is 45.4 Å². The van der Waals surface area contributed by atoms with Crippen LogP contribution in [0.15, 0.2) is 53.2 Å². The van der Waals surface area contributed by atoms with E-state index in [9.17, 15) is 9.18 Å². The number of benzene rings is 2. The van der Waals surface area contributed by atoms with Gasteiger partial charge in [0.2, 0.25) is 5.89 Å². The summed E-state index contributed by atoms with van der Waals surface area (Å²) in [5.41, 5.74) is 4.78. The molecule has 1 fully saturated rings. The molecule has 1 aliphatic carbocycles. The van der Waals surface area contributed by atoms with Crippen molar-refractivity contribution in [3.8, 4) is 39.8 Å². The van der Waals surface area contributed by atoms with E-state index in [1.807, 2.05) is 19.2 Å². The van der Waals surface area contributed by atoms with Gasteiger partial charge in [-0.3, -0.25) is 0 Å². The van der Waals surface area contributed by atoms with Crippen LogP contribution in [0.2, 0.25) is 0 Å². The average molecular weight is 500 g/mol. The van der Waals surface area contributed by atoms with Crippen LogP contribution in [0.4, 0.5) is 4.39 Å². The van der Waals surface area contributed by atoms with E-state index in [-0.39, 0.29) is 11.7 Å². The van der Waals surface area contributed by atoms with Crippen LogP contribution in [0.5, 0.6) is 5.75 Å². The van der Waals surface area contributed by atoms with Crippen LogP contribution in [-0.2, 0) is 11.8 Å². The molecular formula is C27H22FN5O4. The Morgan fingerprint density at radius 2 is 1.92 bits per heavy atom. The van der Waals surface area contributed by atoms with Gasteiger partial charge in [0.1, 0.15) is 23.4 Å². The summed E-state index contributed by atoms with van der Waals surface area (Å²) >= 11 is 0. The van der Waals surface area contributed by atoms with E-state index in [2.05, 4.69) is 15.2 Å². The maximum absolute atomic E-state index is 14.3. The number of carbonyl (C=O) groups excluding carboxylic acids is 1. The number of aromatic nitrogens is 5. The Hall–Kier alpha value is -4.60. The lowest BCUT2D eigenvalue weighted by Crippen LogP contribution is -2.01. The van der Waals surface area contributed by atoms with Gasteiger partial charge in [0.05, 0.1) is 19.8 Å². The molecule has 3 aromatic heterocycles. The van der Waals surface area contributed by atoms with E-state index in [4.69, 9.17) is 18.9 Å². The maximum atomic E-state index is 14.3. The van der Waals surface area contributed by atoms with Crippen molar-refractivity contribution in [1.82, 2.24) is 24.7 Å². The second kappa shape index (κ2) is 8.81. The lowest BCUT2D eigenvalue weighted by atomic mass is 9.97. The molecule has 5 aromatic rings. The zero-order valence-corrected chi connectivity index (χ0v) is 20.4. The van der Waals surface area contributed by atoms with Crippen molar-refractivity contribution in [3.63, 3.8) is 0 Å². The molecule has 37 heavy (non-hydrogen) atoms. The number of halogens is 1. The fourth-order valence-electron chi connectivity index (χ4n) is 4.38. The Kier molecular flexibility index (Phi) is 5.44. The van der Waals surface area contributed by atoms with Crippen molar-refractivity contribution in [2.45, 2.75) is 18.8 Å². The number of pyridine rings is 1. The van der Waals surface area contributed by atoms with Crippen LogP contribution in [0.3, 0.4) is 0 Å². The minimum Gasteiger partial charge on any atom is -0.493 e. The Bertz CT molecular complexity index is 1670. The van der Waals surface area contributed by atoms with Crippen molar-refractivity contribution in [2.24, 2.45) is 7.05 Å². The van der Waals surface area contributed by atoms with Crippen molar-refractivity contribution in [1.29, 1.82) is 0 Å². The molecule has 9 nitrogen and oxygen atoms in total. The van der Waals surface area contributed by atoms with E-state index >= 15 is 0 Å². The number of hydrogen-bond acceptors (Lipinski definition) is 8. The monoisotopic (exact) mass is 499 g/mol. The number of hydrogen-bond donors (Lipinski definition) is 0. The zero-order valence-electron chi connectivity index (χ0n) is 20.4. The Labute approximate surface area is 210 Å². The first-order valence-electron chi connectivity index (χ1n) is 11.7. The number of nitrogens with zero attached hydrogens (tertiary/aromatic N) is 5. The Balaban J connectivity index is 1.53. The third kappa shape index (κ3) is 4.10. The highest BCUT2D eigenvalue weighted by Gasteiger charge is 2.28. The van der Waals surface area contributed by atoms with Crippen LogP contribution in [0.1, 0.15) is 34.8 Å². The zero-order chi connectivity index (χ0) is 25.7. The van der Waals surface area contributed by atoms with Gasteiger partial charge in [0.15, 0.2) is 17.2 Å². The van der Waals surface area contributed by atoms with E-state index < -0.39 is 5.97 Å². The highest BCUT2D eigenvalue weighted by Crippen LogP contribution is 2.43. The highest BCUT2D eigenvalue weighted by atomic mass is 19.1. The van der Waals surface area contributed by atoms with E-state index in [0.717, 1.165) is 29.7 Å². The first-order chi connectivity index (χ1) is 17.9. The molecule has 0 radical (unpaired) electrons. The summed E-state index contributed by atoms with van der Waals surface area (Å²) in [6.07, 6.45) is 3.66. The molecule has 1 aliphatic rings. The largest absolute Gasteiger partial charge is 0.493 e. The van der Waals surface area contributed by atoms with Crippen molar-refractivity contribution < 1.29 is 23.1 Å². The first-order valence-corrected chi connectivity index (χ1v) is 11.7. The smallest absolute Gasteiger partial charge is 0.338 e. The van der Waals surface area contributed by atoms with Crippen LogP contribution in [0.25, 0.3) is 45.2 Å². The predicted octanol–water partition coefficient (Wildman–Crippen LogP) is 5.16. The quantitative estimate of drug-likeness (QED) is 0.295. The van der Waals surface area contributed by atoms with Gasteiger partial charge in [0.25, 0.3) is 0 Å². The van der Waals surface area contributed by atoms with Gasteiger partial charge in [0, 0.05) is 24.2 Å². The second-order valence-electron chi connectivity index (χ2n) is 8.93. The standard InChI is InChI=1S/C27H22FN5O4/c1-33-13-29-32-25(33)19-12-17(28)6-7-18(19)15-8-20(14-4-5-14)30-22(9-15)26-31-21-10-16(27(34)36-3)11-23(35-2)24(21)37-26/h6-14H,4-5H2,1-3H3. The Morgan fingerprint density at radius 3 is 2.62 bits per heavy atom. The third-order valence-corrected chi connectivity index (χ3v) is 6.40. The number of carbonyl (C=O) groups is 1. The number of oxazole rings is 1. The third-order valence-electron chi connectivity index (χ3n) is 6.40. The molecule has 0 aliphatic heterocycles. The minimum absolute atomic E-state index is 0.279. The predicted molar refractivity (Wildman–Crippen MR) is 132 cm³/mol. The minimum atomic E-state index is -0.506. The molecule has 0 bridgehead atoms. The molecule has 0 atom stereocenters. The summed E-state index contributed by atoms with van der Waals surface area (Å²) in [6.45, 7) is 0. The summed E-state index contributed by atoms with van der Waals surface area (Å²) in [4.78, 5) is 21.6. The van der Waals surface area contributed by atoms with Crippen LogP contribution >= 0.6 is 0 Å². The summed E-state index contributed by atoms with van der Waals surface area (Å²) in [5.74, 6) is 0.643. The SMILES string of the molecule is COC(=O)c1cc(OC)c2oc(-c3cc(-c4ccc(F)cc4-c4nncn4C)cc(C4CC4)n3)nc2c1.